The van der Waals surface area contributed by atoms with Crippen LogP contribution in [-0.2, 0) is 0 Å². The normalized spacial score (nSPS) is 10.5. The number of hydrogen-bond donors (Lipinski definition) is 1. The molecule has 0 aliphatic carbocycles. The Morgan fingerprint density at radius 1 is 1.43 bits per heavy atom. The monoisotopic (exact) mass is 245 g/mol. The fourth-order valence-corrected chi connectivity index (χ4v) is 2.25. The van der Waals surface area contributed by atoms with Crippen LogP contribution in [0.3, 0.4) is 0 Å². The summed E-state index contributed by atoms with van der Waals surface area (Å²) in [6.07, 6.45) is 0. The Balaban J connectivity index is 2.55. The Bertz CT molecular complexity index is 470. The van der Waals surface area contributed by atoms with Gasteiger partial charge in [-0.15, -0.1) is 24.0 Å². The van der Waals surface area contributed by atoms with Gasteiger partial charge in [-0.3, -0.25) is 0 Å². The van der Waals surface area contributed by atoms with E-state index in [0.717, 1.165) is 0 Å². The smallest absolute Gasteiger partial charge is 0.133 e. The molecular formula is C9H5ClFNS2. The van der Waals surface area contributed by atoms with E-state index in [2.05, 4.69) is 17.6 Å². The summed E-state index contributed by atoms with van der Waals surface area (Å²) in [7, 11) is 0. The van der Waals surface area contributed by atoms with Gasteiger partial charge in [-0.05, 0) is 18.2 Å². The molecule has 1 aromatic carbocycles. The van der Waals surface area contributed by atoms with Gasteiger partial charge in [-0.25, -0.2) is 9.37 Å². The van der Waals surface area contributed by atoms with Crippen molar-refractivity contribution in [2.75, 3.05) is 0 Å². The van der Waals surface area contributed by atoms with Gasteiger partial charge < -0.3 is 0 Å². The molecule has 0 radical (unpaired) electrons. The number of aromatic nitrogens is 1. The molecule has 72 valence electrons. The summed E-state index contributed by atoms with van der Waals surface area (Å²) in [4.78, 5) is 4.07. The number of rotatable bonds is 1. The van der Waals surface area contributed by atoms with E-state index in [1.807, 2.05) is 0 Å². The fraction of sp³-hybridized carbons (Fsp3) is 0. The molecule has 0 unspecified atom stereocenters. The lowest BCUT2D eigenvalue weighted by Gasteiger charge is -1.98. The van der Waals surface area contributed by atoms with Crippen LogP contribution in [0.1, 0.15) is 0 Å². The van der Waals surface area contributed by atoms with Crippen LogP contribution in [0.25, 0.3) is 10.6 Å². The van der Waals surface area contributed by atoms with E-state index in [4.69, 9.17) is 11.6 Å². The van der Waals surface area contributed by atoms with Crippen molar-refractivity contribution >= 4 is 35.6 Å². The number of benzene rings is 1. The molecule has 1 aromatic heterocycles. The van der Waals surface area contributed by atoms with Gasteiger partial charge in [0.15, 0.2) is 0 Å². The molecule has 0 amide bonds. The van der Waals surface area contributed by atoms with Crippen LogP contribution in [0.2, 0.25) is 5.02 Å². The molecule has 0 spiro atoms. The predicted octanol–water partition coefficient (Wildman–Crippen LogP) is 3.89. The highest BCUT2D eigenvalue weighted by atomic mass is 35.5. The predicted molar refractivity (Wildman–Crippen MR) is 59.8 cm³/mol. The first kappa shape index (κ1) is 9.96. The first-order valence-electron chi connectivity index (χ1n) is 3.77. The number of halogens is 2. The molecule has 1 nitrogen and oxygen atoms in total. The fourth-order valence-electron chi connectivity index (χ4n) is 1.05. The minimum absolute atomic E-state index is 0.322. The summed E-state index contributed by atoms with van der Waals surface area (Å²) >= 11 is 11.2. The second-order valence-electron chi connectivity index (χ2n) is 2.64. The van der Waals surface area contributed by atoms with E-state index in [-0.39, 0.29) is 5.82 Å². The molecule has 0 bridgehead atoms. The van der Waals surface area contributed by atoms with Gasteiger partial charge in [0, 0.05) is 16.0 Å². The van der Waals surface area contributed by atoms with Crippen LogP contribution in [0.4, 0.5) is 4.39 Å². The number of nitrogens with zero attached hydrogens (tertiary/aromatic N) is 1. The van der Waals surface area contributed by atoms with Crippen LogP contribution < -0.4 is 0 Å². The van der Waals surface area contributed by atoms with Crippen molar-refractivity contribution in [2.24, 2.45) is 0 Å². The highest BCUT2D eigenvalue weighted by molar-refractivity contribution is 7.80. The van der Waals surface area contributed by atoms with Crippen molar-refractivity contribution in [3.63, 3.8) is 0 Å². The van der Waals surface area contributed by atoms with E-state index < -0.39 is 0 Å². The average molecular weight is 246 g/mol. The van der Waals surface area contributed by atoms with Crippen molar-refractivity contribution in [3.05, 3.63) is 34.4 Å². The van der Waals surface area contributed by atoms with Gasteiger partial charge in [-0.1, -0.05) is 11.6 Å². The van der Waals surface area contributed by atoms with Gasteiger partial charge in [0.25, 0.3) is 0 Å². The topological polar surface area (TPSA) is 12.9 Å². The first-order valence-corrected chi connectivity index (χ1v) is 5.47. The van der Waals surface area contributed by atoms with Gasteiger partial charge in [-0.2, -0.15) is 0 Å². The Morgan fingerprint density at radius 2 is 2.21 bits per heavy atom. The van der Waals surface area contributed by atoms with Crippen LogP contribution in [0.15, 0.2) is 28.6 Å². The summed E-state index contributed by atoms with van der Waals surface area (Å²) in [5.74, 6) is -0.322. The third-order valence-electron chi connectivity index (χ3n) is 1.65. The zero-order valence-corrected chi connectivity index (χ0v) is 9.33. The summed E-state index contributed by atoms with van der Waals surface area (Å²) in [6, 6.07) is 4.40. The molecule has 0 fully saturated rings. The van der Waals surface area contributed by atoms with Crippen molar-refractivity contribution in [1.29, 1.82) is 0 Å². The Morgan fingerprint density at radius 3 is 2.86 bits per heavy atom. The summed E-state index contributed by atoms with van der Waals surface area (Å²) in [6.45, 7) is 0. The number of hydrogen-bond acceptors (Lipinski definition) is 3. The van der Waals surface area contributed by atoms with E-state index in [1.165, 1.54) is 23.5 Å². The highest BCUT2D eigenvalue weighted by Gasteiger charge is 2.09. The van der Waals surface area contributed by atoms with Gasteiger partial charge >= 0.3 is 0 Å². The third-order valence-corrected chi connectivity index (χ3v) is 3.17. The zero-order chi connectivity index (χ0) is 10.1. The van der Waals surface area contributed by atoms with E-state index in [1.54, 1.807) is 11.4 Å². The van der Waals surface area contributed by atoms with Crippen LogP contribution >= 0.6 is 35.6 Å². The minimum atomic E-state index is -0.322. The Hall–Kier alpha value is -0.580. The maximum atomic E-state index is 13.3. The Labute approximate surface area is 95.0 Å². The molecule has 2 aromatic rings. The second kappa shape index (κ2) is 3.88. The van der Waals surface area contributed by atoms with Crippen molar-refractivity contribution < 1.29 is 4.39 Å². The molecule has 5 heteroatoms. The lowest BCUT2D eigenvalue weighted by Crippen LogP contribution is -1.82. The lowest BCUT2D eigenvalue weighted by atomic mass is 10.2. The SMILES string of the molecule is Fc1ccc(Cl)cc1-c1nc(S)cs1. The van der Waals surface area contributed by atoms with E-state index in [9.17, 15) is 4.39 Å². The van der Waals surface area contributed by atoms with Crippen LogP contribution in [0, 0.1) is 5.82 Å². The van der Waals surface area contributed by atoms with Gasteiger partial charge in [0.2, 0.25) is 0 Å². The molecule has 14 heavy (non-hydrogen) atoms. The van der Waals surface area contributed by atoms with Gasteiger partial charge in [0.1, 0.15) is 15.9 Å². The van der Waals surface area contributed by atoms with Gasteiger partial charge in [0.05, 0.1) is 0 Å². The molecule has 0 atom stereocenters. The largest absolute Gasteiger partial charge is 0.230 e. The quantitative estimate of drug-likeness (QED) is 0.752. The molecule has 1 heterocycles. The molecule has 0 saturated heterocycles. The zero-order valence-electron chi connectivity index (χ0n) is 6.87. The molecule has 2 rings (SSSR count). The summed E-state index contributed by atoms with van der Waals surface area (Å²) in [5.41, 5.74) is 0.419. The van der Waals surface area contributed by atoms with Crippen molar-refractivity contribution in [3.8, 4) is 10.6 Å². The molecule has 0 aliphatic heterocycles. The summed E-state index contributed by atoms with van der Waals surface area (Å²) in [5, 5.41) is 3.43. The van der Waals surface area contributed by atoms with Crippen molar-refractivity contribution in [2.45, 2.75) is 5.03 Å². The van der Waals surface area contributed by atoms with Crippen molar-refractivity contribution in [1.82, 2.24) is 4.98 Å². The minimum Gasteiger partial charge on any atom is -0.230 e. The first-order chi connectivity index (χ1) is 6.66. The summed E-state index contributed by atoms with van der Waals surface area (Å²) < 4.78 is 13.3. The second-order valence-corrected chi connectivity index (χ2v) is 4.39. The van der Waals surface area contributed by atoms with Crippen LogP contribution in [-0.4, -0.2) is 4.98 Å². The third kappa shape index (κ3) is 1.92. The molecule has 0 aliphatic rings. The molecular weight excluding hydrogens is 241 g/mol. The highest BCUT2D eigenvalue weighted by Crippen LogP contribution is 2.29. The maximum Gasteiger partial charge on any atom is 0.133 e. The Kier molecular flexibility index (Phi) is 2.76. The van der Waals surface area contributed by atoms with Crippen LogP contribution in [0.5, 0.6) is 0 Å². The number of thiazole rings is 1. The number of thiol groups is 1. The average Bonchev–Trinajstić information content (AvgIpc) is 2.56. The maximum absolute atomic E-state index is 13.3. The molecule has 0 saturated carbocycles. The standard InChI is InChI=1S/C9H5ClFNS2/c10-5-1-2-7(11)6(3-5)9-12-8(13)4-14-9/h1-4,13H. The van der Waals surface area contributed by atoms with E-state index >= 15 is 0 Å². The lowest BCUT2D eigenvalue weighted by molar-refractivity contribution is 0.631. The molecule has 0 N–H and O–H groups in total. The van der Waals surface area contributed by atoms with E-state index in [0.29, 0.717) is 20.6 Å².